The van der Waals surface area contributed by atoms with E-state index in [1.165, 1.54) is 0 Å². The van der Waals surface area contributed by atoms with Crippen LogP contribution in [0.3, 0.4) is 0 Å². The Kier molecular flexibility index (Phi) is 3.00. The summed E-state index contributed by atoms with van der Waals surface area (Å²) >= 11 is 1.58. The minimum absolute atomic E-state index is 0.0168. The third-order valence-corrected chi connectivity index (χ3v) is 6.39. The first kappa shape index (κ1) is 14.3. The average Bonchev–Trinajstić information content (AvgIpc) is 3.14. The molecule has 1 aromatic rings. The van der Waals surface area contributed by atoms with Crippen LogP contribution in [0.1, 0.15) is 30.1 Å². The fourth-order valence-corrected chi connectivity index (χ4v) is 5.57. The summed E-state index contributed by atoms with van der Waals surface area (Å²) in [5.74, 6) is -1.18. The maximum atomic E-state index is 12.4. The number of nitriles is 1. The number of urea groups is 1. The highest BCUT2D eigenvalue weighted by Gasteiger charge is 2.62. The first-order valence-electron chi connectivity index (χ1n) is 7.64. The molecule has 118 valence electrons. The molecule has 0 aromatic carbocycles. The van der Waals surface area contributed by atoms with Gasteiger partial charge in [-0.15, -0.1) is 11.3 Å². The number of rotatable bonds is 1. The zero-order chi connectivity index (χ0) is 16.2. The highest BCUT2D eigenvalue weighted by Crippen LogP contribution is 2.56. The molecule has 3 aliphatic rings. The van der Waals surface area contributed by atoms with Crippen molar-refractivity contribution in [1.29, 1.82) is 5.26 Å². The van der Waals surface area contributed by atoms with E-state index in [1.807, 2.05) is 17.5 Å². The molecule has 1 saturated carbocycles. The van der Waals surface area contributed by atoms with Crippen molar-refractivity contribution in [3.8, 4) is 6.07 Å². The predicted molar refractivity (Wildman–Crippen MR) is 84.1 cm³/mol. The summed E-state index contributed by atoms with van der Waals surface area (Å²) in [7, 11) is 0. The molecule has 4 rings (SSSR count). The minimum atomic E-state index is -0.668. The molecule has 6 nitrogen and oxygen atoms in total. The molecule has 0 radical (unpaired) electrons. The first-order valence-corrected chi connectivity index (χ1v) is 8.52. The lowest BCUT2D eigenvalue weighted by atomic mass is 9.61. The topological polar surface area (TPSA) is 108 Å². The van der Waals surface area contributed by atoms with Crippen LogP contribution in [0.25, 0.3) is 0 Å². The van der Waals surface area contributed by atoms with Gasteiger partial charge in [-0.2, -0.15) is 5.26 Å². The van der Waals surface area contributed by atoms with E-state index in [2.05, 4.69) is 16.7 Å². The van der Waals surface area contributed by atoms with Crippen LogP contribution in [0, 0.1) is 23.2 Å². The van der Waals surface area contributed by atoms with Gasteiger partial charge in [-0.05, 0) is 30.2 Å². The lowest BCUT2D eigenvalue weighted by Gasteiger charge is -2.50. The summed E-state index contributed by atoms with van der Waals surface area (Å²) in [6.45, 7) is 0. The van der Waals surface area contributed by atoms with Crippen molar-refractivity contribution < 1.29 is 9.59 Å². The fourth-order valence-electron chi connectivity index (χ4n) is 4.67. The van der Waals surface area contributed by atoms with E-state index >= 15 is 0 Å². The van der Waals surface area contributed by atoms with E-state index in [9.17, 15) is 14.9 Å². The minimum Gasteiger partial charge on any atom is -0.400 e. The molecule has 2 fully saturated rings. The van der Waals surface area contributed by atoms with Crippen LogP contribution in [0.15, 0.2) is 28.8 Å². The predicted octanol–water partition coefficient (Wildman–Crippen LogP) is 1.58. The Morgan fingerprint density at radius 3 is 2.96 bits per heavy atom. The first-order chi connectivity index (χ1) is 11.1. The number of hydrogen-bond donors (Lipinski definition) is 3. The summed E-state index contributed by atoms with van der Waals surface area (Å²) in [6, 6.07) is 5.72. The largest absolute Gasteiger partial charge is 0.400 e. The summed E-state index contributed by atoms with van der Waals surface area (Å²) in [4.78, 5) is 25.5. The molecule has 7 heteroatoms. The molecule has 1 aliphatic heterocycles. The van der Waals surface area contributed by atoms with Gasteiger partial charge in [0.05, 0.1) is 17.2 Å². The van der Waals surface area contributed by atoms with Gasteiger partial charge in [0.15, 0.2) is 0 Å². The molecule has 2 heterocycles. The zero-order valence-corrected chi connectivity index (χ0v) is 13.2. The van der Waals surface area contributed by atoms with Crippen molar-refractivity contribution in [1.82, 2.24) is 10.6 Å². The van der Waals surface area contributed by atoms with Crippen LogP contribution in [-0.2, 0) is 4.79 Å². The monoisotopic (exact) mass is 328 g/mol. The van der Waals surface area contributed by atoms with Crippen molar-refractivity contribution in [3.05, 3.63) is 33.7 Å². The Hall–Kier alpha value is -2.33. The van der Waals surface area contributed by atoms with Crippen molar-refractivity contribution in [3.63, 3.8) is 0 Å². The lowest BCUT2D eigenvalue weighted by molar-refractivity contribution is -0.127. The van der Waals surface area contributed by atoms with Crippen molar-refractivity contribution in [2.24, 2.45) is 17.6 Å². The van der Waals surface area contributed by atoms with E-state index in [0.717, 1.165) is 17.7 Å². The van der Waals surface area contributed by atoms with Gasteiger partial charge in [0, 0.05) is 16.5 Å². The summed E-state index contributed by atoms with van der Waals surface area (Å²) < 4.78 is 0. The highest BCUT2D eigenvalue weighted by molar-refractivity contribution is 7.10. The Labute approximate surface area is 137 Å². The average molecular weight is 328 g/mol. The van der Waals surface area contributed by atoms with E-state index < -0.39 is 23.4 Å². The van der Waals surface area contributed by atoms with Gasteiger partial charge in [0.25, 0.3) is 0 Å². The van der Waals surface area contributed by atoms with Gasteiger partial charge in [-0.25, -0.2) is 4.79 Å². The molecule has 2 aliphatic carbocycles. The Balaban J connectivity index is 1.95. The van der Waals surface area contributed by atoms with Crippen LogP contribution in [-0.4, -0.2) is 17.5 Å². The van der Waals surface area contributed by atoms with Crippen LogP contribution in [0.2, 0.25) is 0 Å². The molecule has 1 spiro atoms. The number of carbonyl (C=O) groups is 2. The van der Waals surface area contributed by atoms with Crippen molar-refractivity contribution >= 4 is 23.3 Å². The van der Waals surface area contributed by atoms with Crippen molar-refractivity contribution in [2.45, 2.75) is 30.7 Å². The van der Waals surface area contributed by atoms with E-state index in [4.69, 9.17) is 5.73 Å². The van der Waals surface area contributed by atoms with Crippen LogP contribution >= 0.6 is 11.3 Å². The zero-order valence-electron chi connectivity index (χ0n) is 12.3. The number of imide groups is 1. The molecule has 1 saturated heterocycles. The van der Waals surface area contributed by atoms with E-state index in [1.54, 1.807) is 11.3 Å². The maximum Gasteiger partial charge on any atom is 0.321 e. The molecule has 0 bridgehead atoms. The second kappa shape index (κ2) is 4.83. The summed E-state index contributed by atoms with van der Waals surface area (Å²) in [5.41, 5.74) is 6.39. The SMILES string of the molecule is N#CC1=C(N)[C@H]2C(=O)NC(=O)N[C@]23CCC[C@H]3[C@@H]1c1cccs1. The summed E-state index contributed by atoms with van der Waals surface area (Å²) in [6.07, 6.45) is 2.48. The van der Waals surface area contributed by atoms with Crippen LogP contribution < -0.4 is 16.4 Å². The van der Waals surface area contributed by atoms with Crippen LogP contribution in [0.4, 0.5) is 4.79 Å². The molecule has 4 atom stereocenters. The maximum absolute atomic E-state index is 12.4. The number of nitrogens with one attached hydrogen (secondary N) is 2. The number of nitrogens with zero attached hydrogens (tertiary/aromatic N) is 1. The molecular formula is C16H16N4O2S. The Morgan fingerprint density at radius 2 is 2.26 bits per heavy atom. The normalized spacial score (nSPS) is 35.9. The molecular weight excluding hydrogens is 312 g/mol. The highest BCUT2D eigenvalue weighted by atomic mass is 32.1. The van der Waals surface area contributed by atoms with Gasteiger partial charge < -0.3 is 11.1 Å². The van der Waals surface area contributed by atoms with Gasteiger partial charge in [0.2, 0.25) is 5.91 Å². The van der Waals surface area contributed by atoms with E-state index in [0.29, 0.717) is 17.7 Å². The summed E-state index contributed by atoms with van der Waals surface area (Å²) in [5, 5.41) is 16.9. The van der Waals surface area contributed by atoms with Crippen molar-refractivity contribution in [2.75, 3.05) is 0 Å². The van der Waals surface area contributed by atoms with Gasteiger partial charge in [-0.1, -0.05) is 12.5 Å². The standard InChI is InChI=1S/C16H16N4O2S/c17-7-8-11(10-4-2-6-23-10)9-3-1-5-16(9)12(13(8)18)14(21)19-15(22)20-16/h2,4,6,9,11-12H,1,3,5,18H2,(H2,19,20,21,22)/t9-,11+,12-,16-/m0/s1. The number of allylic oxidation sites excluding steroid dienone is 1. The van der Waals surface area contributed by atoms with E-state index in [-0.39, 0.29) is 11.8 Å². The number of nitrogens with two attached hydrogens (primary N) is 1. The fraction of sp³-hybridized carbons (Fsp3) is 0.438. The smallest absolute Gasteiger partial charge is 0.321 e. The third-order valence-electron chi connectivity index (χ3n) is 5.43. The molecule has 23 heavy (non-hydrogen) atoms. The van der Waals surface area contributed by atoms with Gasteiger partial charge in [-0.3, -0.25) is 10.1 Å². The van der Waals surface area contributed by atoms with Crippen LogP contribution in [0.5, 0.6) is 0 Å². The van der Waals surface area contributed by atoms with Gasteiger partial charge in [0.1, 0.15) is 5.92 Å². The number of amides is 3. The third kappa shape index (κ3) is 1.78. The quantitative estimate of drug-likeness (QED) is 0.727. The number of carbonyl (C=O) groups excluding carboxylic acids is 2. The Bertz CT molecular complexity index is 764. The van der Waals surface area contributed by atoms with Gasteiger partial charge >= 0.3 is 6.03 Å². The lowest BCUT2D eigenvalue weighted by Crippen LogP contribution is -2.70. The molecule has 1 aromatic heterocycles. The molecule has 3 amide bonds. The molecule has 4 N–H and O–H groups in total. The number of thiophene rings is 1. The second-order valence-electron chi connectivity index (χ2n) is 6.39. The second-order valence-corrected chi connectivity index (χ2v) is 7.37. The Morgan fingerprint density at radius 1 is 1.43 bits per heavy atom. The molecule has 0 unspecified atom stereocenters. The number of hydrogen-bond acceptors (Lipinski definition) is 5.